The second-order valence-corrected chi connectivity index (χ2v) is 3.75. The molecular formula is C7H12IN3. The summed E-state index contributed by atoms with van der Waals surface area (Å²) in [5.74, 6) is 0. The molecule has 0 aromatic heterocycles. The highest BCUT2D eigenvalue weighted by Crippen LogP contribution is 2.09. The molecule has 0 saturated heterocycles. The molecule has 0 aliphatic carbocycles. The lowest BCUT2D eigenvalue weighted by atomic mass is 10.2. The summed E-state index contributed by atoms with van der Waals surface area (Å²) in [5, 5.41) is 3.32. The van der Waals surface area contributed by atoms with Gasteiger partial charge in [-0.25, -0.2) is 0 Å². The summed E-state index contributed by atoms with van der Waals surface area (Å²) >= 11 is 2.20. The van der Waals surface area contributed by atoms with Crippen molar-refractivity contribution < 1.29 is 0 Å². The summed E-state index contributed by atoms with van der Waals surface area (Å²) in [4.78, 5) is 4.38. The van der Waals surface area contributed by atoms with Gasteiger partial charge in [-0.05, 0) is 29.5 Å². The van der Waals surface area contributed by atoms with Crippen molar-refractivity contribution in [3.8, 4) is 0 Å². The zero-order valence-electron chi connectivity index (χ0n) is 6.47. The standard InChI is InChI=1S/C7H12IN3/c1-5-3-11-7(4-10-5)6(8)2-9/h2,5,10H,3-4,9H2,1H3/t5-/m0/s1. The summed E-state index contributed by atoms with van der Waals surface area (Å²) in [6.07, 6.45) is 1.59. The second-order valence-electron chi connectivity index (χ2n) is 2.58. The average Bonchev–Trinajstić information content (AvgIpc) is 2.05. The first kappa shape index (κ1) is 8.99. The second kappa shape index (κ2) is 4.06. The molecule has 0 bridgehead atoms. The molecule has 1 aliphatic heterocycles. The lowest BCUT2D eigenvalue weighted by Crippen LogP contribution is -2.38. The fourth-order valence-corrected chi connectivity index (χ4v) is 1.26. The number of rotatable bonds is 1. The quantitative estimate of drug-likeness (QED) is 0.684. The summed E-state index contributed by atoms with van der Waals surface area (Å²) in [5.41, 5.74) is 6.43. The van der Waals surface area contributed by atoms with E-state index in [1.54, 1.807) is 6.20 Å². The van der Waals surface area contributed by atoms with E-state index in [1.165, 1.54) is 0 Å². The predicted octanol–water partition coefficient (Wildman–Crippen LogP) is 0.654. The van der Waals surface area contributed by atoms with E-state index < -0.39 is 0 Å². The molecule has 0 amide bonds. The Balaban J connectivity index is 2.61. The van der Waals surface area contributed by atoms with Gasteiger partial charge in [-0.15, -0.1) is 0 Å². The molecule has 3 N–H and O–H groups in total. The molecule has 62 valence electrons. The Bertz CT molecular complexity index is 198. The topological polar surface area (TPSA) is 50.4 Å². The molecule has 3 nitrogen and oxygen atoms in total. The van der Waals surface area contributed by atoms with Crippen molar-refractivity contribution in [2.24, 2.45) is 10.7 Å². The van der Waals surface area contributed by atoms with Crippen molar-refractivity contribution in [1.29, 1.82) is 0 Å². The molecule has 0 unspecified atom stereocenters. The molecular weight excluding hydrogens is 253 g/mol. The van der Waals surface area contributed by atoms with Crippen LogP contribution in [0.25, 0.3) is 0 Å². The van der Waals surface area contributed by atoms with E-state index in [4.69, 9.17) is 5.73 Å². The molecule has 0 aromatic carbocycles. The first-order chi connectivity index (χ1) is 5.24. The fourth-order valence-electron chi connectivity index (χ4n) is 0.895. The number of hydrogen-bond donors (Lipinski definition) is 2. The summed E-state index contributed by atoms with van der Waals surface area (Å²) < 4.78 is 1.04. The zero-order chi connectivity index (χ0) is 8.27. The van der Waals surface area contributed by atoms with Crippen LogP contribution in [0.3, 0.4) is 0 Å². The van der Waals surface area contributed by atoms with Crippen LogP contribution in [0.15, 0.2) is 14.8 Å². The molecule has 0 radical (unpaired) electrons. The van der Waals surface area contributed by atoms with Gasteiger partial charge in [-0.2, -0.15) is 0 Å². The van der Waals surface area contributed by atoms with Gasteiger partial charge in [0.05, 0.1) is 15.8 Å². The predicted molar refractivity (Wildman–Crippen MR) is 56.1 cm³/mol. The number of aliphatic imine (C=N–C) groups is 1. The number of halogens is 1. The normalized spacial score (nSPS) is 26.5. The van der Waals surface area contributed by atoms with Crippen LogP contribution in [0.2, 0.25) is 0 Å². The van der Waals surface area contributed by atoms with Crippen molar-refractivity contribution in [2.45, 2.75) is 13.0 Å². The minimum Gasteiger partial charge on any atom is -0.404 e. The largest absolute Gasteiger partial charge is 0.404 e. The van der Waals surface area contributed by atoms with Crippen LogP contribution >= 0.6 is 22.6 Å². The fraction of sp³-hybridized carbons (Fsp3) is 0.571. The van der Waals surface area contributed by atoms with E-state index in [9.17, 15) is 0 Å². The van der Waals surface area contributed by atoms with E-state index in [0.29, 0.717) is 6.04 Å². The highest BCUT2D eigenvalue weighted by Gasteiger charge is 2.11. The summed E-state index contributed by atoms with van der Waals surface area (Å²) in [7, 11) is 0. The van der Waals surface area contributed by atoms with Crippen LogP contribution in [0, 0.1) is 0 Å². The summed E-state index contributed by atoms with van der Waals surface area (Å²) in [6.45, 7) is 3.82. The van der Waals surface area contributed by atoms with Gasteiger partial charge >= 0.3 is 0 Å². The van der Waals surface area contributed by atoms with Gasteiger partial charge in [-0.1, -0.05) is 0 Å². The Kier molecular flexibility index (Phi) is 3.32. The van der Waals surface area contributed by atoms with Crippen molar-refractivity contribution in [3.05, 3.63) is 9.78 Å². The monoisotopic (exact) mass is 265 g/mol. The number of nitrogens with one attached hydrogen (secondary N) is 1. The highest BCUT2D eigenvalue weighted by atomic mass is 127. The minimum atomic E-state index is 0.501. The van der Waals surface area contributed by atoms with Gasteiger partial charge in [0.15, 0.2) is 0 Å². The lowest BCUT2D eigenvalue weighted by molar-refractivity contribution is 0.581. The van der Waals surface area contributed by atoms with Crippen molar-refractivity contribution in [3.63, 3.8) is 0 Å². The summed E-state index contributed by atoms with van der Waals surface area (Å²) in [6, 6.07) is 0.501. The molecule has 1 rings (SSSR count). The molecule has 0 spiro atoms. The first-order valence-electron chi connectivity index (χ1n) is 3.58. The van der Waals surface area contributed by atoms with Crippen LogP contribution in [0.1, 0.15) is 6.92 Å². The molecule has 0 saturated carbocycles. The maximum atomic E-state index is 5.36. The Morgan fingerprint density at radius 1 is 1.91 bits per heavy atom. The zero-order valence-corrected chi connectivity index (χ0v) is 8.63. The van der Waals surface area contributed by atoms with Gasteiger partial charge in [0, 0.05) is 18.8 Å². The molecule has 1 aliphatic rings. The smallest absolute Gasteiger partial charge is 0.0634 e. The van der Waals surface area contributed by atoms with Gasteiger partial charge in [0.2, 0.25) is 0 Å². The third kappa shape index (κ3) is 2.44. The van der Waals surface area contributed by atoms with Gasteiger partial charge < -0.3 is 11.1 Å². The first-order valence-corrected chi connectivity index (χ1v) is 4.66. The van der Waals surface area contributed by atoms with Crippen LogP contribution in [-0.2, 0) is 0 Å². The van der Waals surface area contributed by atoms with Gasteiger partial charge in [0.25, 0.3) is 0 Å². The van der Waals surface area contributed by atoms with Crippen LogP contribution in [0.4, 0.5) is 0 Å². The van der Waals surface area contributed by atoms with Gasteiger partial charge in [0.1, 0.15) is 0 Å². The van der Waals surface area contributed by atoms with Gasteiger partial charge in [-0.3, -0.25) is 4.99 Å². The Morgan fingerprint density at radius 2 is 2.64 bits per heavy atom. The Hall–Kier alpha value is -0.100. The van der Waals surface area contributed by atoms with Crippen molar-refractivity contribution >= 4 is 28.3 Å². The molecule has 4 heteroatoms. The average molecular weight is 265 g/mol. The number of nitrogens with two attached hydrogens (primary N) is 1. The third-order valence-electron chi connectivity index (χ3n) is 1.60. The van der Waals surface area contributed by atoms with Crippen LogP contribution in [-0.4, -0.2) is 24.8 Å². The Labute approximate surface area is 80.3 Å². The van der Waals surface area contributed by atoms with Crippen molar-refractivity contribution in [1.82, 2.24) is 5.32 Å². The van der Waals surface area contributed by atoms with Crippen molar-refractivity contribution in [2.75, 3.05) is 13.1 Å². The molecule has 1 atom stereocenters. The molecule has 0 aromatic rings. The molecule has 1 heterocycles. The van der Waals surface area contributed by atoms with E-state index in [1.807, 2.05) is 0 Å². The Morgan fingerprint density at radius 3 is 3.09 bits per heavy atom. The molecule has 0 fully saturated rings. The SMILES string of the molecule is C[C@H]1CN=C(C(I)=CN)CN1. The molecule has 11 heavy (non-hydrogen) atoms. The number of hydrogen-bond acceptors (Lipinski definition) is 3. The highest BCUT2D eigenvalue weighted by molar-refractivity contribution is 14.1. The number of nitrogens with zero attached hydrogens (tertiary/aromatic N) is 1. The lowest BCUT2D eigenvalue weighted by Gasteiger charge is -2.18. The maximum Gasteiger partial charge on any atom is 0.0634 e. The van der Waals surface area contributed by atoms with Crippen LogP contribution in [0.5, 0.6) is 0 Å². The maximum absolute atomic E-state index is 5.36. The van der Waals surface area contributed by atoms with E-state index in [2.05, 4.69) is 39.8 Å². The van der Waals surface area contributed by atoms with E-state index in [0.717, 1.165) is 22.4 Å². The van der Waals surface area contributed by atoms with E-state index >= 15 is 0 Å². The third-order valence-corrected chi connectivity index (χ3v) is 2.58. The van der Waals surface area contributed by atoms with Crippen LogP contribution < -0.4 is 11.1 Å². The van der Waals surface area contributed by atoms with E-state index in [-0.39, 0.29) is 0 Å². The minimum absolute atomic E-state index is 0.501.